The van der Waals surface area contributed by atoms with Gasteiger partial charge in [0.15, 0.2) is 0 Å². The average Bonchev–Trinajstić information content (AvgIpc) is 2.34. The monoisotopic (exact) mass is 326 g/mol. The molecule has 1 saturated heterocycles. The number of carboxylic acid groups (broad SMARTS) is 1. The van der Waals surface area contributed by atoms with Crippen LogP contribution in [-0.4, -0.2) is 48.1 Å². The van der Waals surface area contributed by atoms with Gasteiger partial charge in [-0.1, -0.05) is 22.0 Å². The number of piperazine rings is 1. The van der Waals surface area contributed by atoms with E-state index in [-0.39, 0.29) is 12.3 Å². The van der Waals surface area contributed by atoms with Crippen LogP contribution in [-0.2, 0) is 9.59 Å². The van der Waals surface area contributed by atoms with E-state index in [9.17, 15) is 9.59 Å². The standard InChI is InChI=1S/C13H15BrN2O3/c1-15-5-6-16(10-4-2-3-9(14)7-10)13(19)11(15)8-12(17)18/h2-4,7,11H,5-6,8H2,1H3,(H,17,18). The van der Waals surface area contributed by atoms with Crippen LogP contribution in [0.4, 0.5) is 5.69 Å². The van der Waals surface area contributed by atoms with Gasteiger partial charge in [0, 0.05) is 23.2 Å². The first-order valence-electron chi connectivity index (χ1n) is 5.98. The predicted octanol–water partition coefficient (Wildman–Crippen LogP) is 1.57. The van der Waals surface area contributed by atoms with E-state index in [1.54, 1.807) is 16.8 Å². The lowest BCUT2D eigenvalue weighted by Crippen LogP contribution is -2.56. The zero-order chi connectivity index (χ0) is 14.0. The van der Waals surface area contributed by atoms with Crippen molar-refractivity contribution >= 4 is 33.5 Å². The summed E-state index contributed by atoms with van der Waals surface area (Å²) in [6.45, 7) is 1.23. The number of nitrogens with zero attached hydrogens (tertiary/aromatic N) is 2. The quantitative estimate of drug-likeness (QED) is 0.916. The molecule has 2 rings (SSSR count). The number of rotatable bonds is 3. The smallest absolute Gasteiger partial charge is 0.305 e. The fourth-order valence-corrected chi connectivity index (χ4v) is 2.59. The lowest BCUT2D eigenvalue weighted by atomic mass is 10.1. The Labute approximate surface area is 119 Å². The van der Waals surface area contributed by atoms with E-state index in [1.807, 2.05) is 24.3 Å². The van der Waals surface area contributed by atoms with Crippen LogP contribution in [0.1, 0.15) is 6.42 Å². The molecule has 1 aromatic carbocycles. The summed E-state index contributed by atoms with van der Waals surface area (Å²) in [5.41, 5.74) is 0.794. The van der Waals surface area contributed by atoms with Crippen LogP contribution in [0.15, 0.2) is 28.7 Å². The van der Waals surface area contributed by atoms with Crippen LogP contribution in [0.3, 0.4) is 0 Å². The molecule has 1 fully saturated rings. The number of likely N-dealkylation sites (N-methyl/N-ethyl adjacent to an activating group) is 1. The Morgan fingerprint density at radius 2 is 2.21 bits per heavy atom. The molecule has 0 spiro atoms. The van der Waals surface area contributed by atoms with Gasteiger partial charge in [-0.05, 0) is 25.2 Å². The van der Waals surface area contributed by atoms with E-state index >= 15 is 0 Å². The van der Waals surface area contributed by atoms with E-state index < -0.39 is 12.0 Å². The molecular weight excluding hydrogens is 312 g/mol. The number of hydrogen-bond acceptors (Lipinski definition) is 3. The summed E-state index contributed by atoms with van der Waals surface area (Å²) >= 11 is 3.37. The van der Waals surface area contributed by atoms with Gasteiger partial charge in [-0.2, -0.15) is 0 Å². The van der Waals surface area contributed by atoms with Gasteiger partial charge >= 0.3 is 5.97 Å². The summed E-state index contributed by atoms with van der Waals surface area (Å²) in [4.78, 5) is 26.7. The molecule has 1 amide bonds. The number of carbonyl (C=O) groups excluding carboxylic acids is 1. The molecular formula is C13H15BrN2O3. The third kappa shape index (κ3) is 3.13. The van der Waals surface area contributed by atoms with Crippen molar-refractivity contribution in [3.05, 3.63) is 28.7 Å². The van der Waals surface area contributed by atoms with Crippen LogP contribution >= 0.6 is 15.9 Å². The topological polar surface area (TPSA) is 60.9 Å². The van der Waals surface area contributed by atoms with Crippen molar-refractivity contribution < 1.29 is 14.7 Å². The normalized spacial score (nSPS) is 20.6. The molecule has 1 aliphatic rings. The highest BCUT2D eigenvalue weighted by molar-refractivity contribution is 9.10. The summed E-state index contributed by atoms with van der Waals surface area (Å²) in [7, 11) is 1.78. The van der Waals surface area contributed by atoms with Gasteiger partial charge in [0.2, 0.25) is 5.91 Å². The zero-order valence-corrected chi connectivity index (χ0v) is 12.1. The van der Waals surface area contributed by atoms with Crippen LogP contribution in [0.2, 0.25) is 0 Å². The molecule has 0 saturated carbocycles. The molecule has 19 heavy (non-hydrogen) atoms. The van der Waals surface area contributed by atoms with Gasteiger partial charge in [-0.3, -0.25) is 14.5 Å². The van der Waals surface area contributed by atoms with Crippen molar-refractivity contribution in [3.8, 4) is 0 Å². The number of benzene rings is 1. The molecule has 1 heterocycles. The summed E-state index contributed by atoms with van der Waals surface area (Å²) in [6.07, 6.45) is -0.167. The summed E-state index contributed by atoms with van der Waals surface area (Å²) in [5.74, 6) is -1.12. The van der Waals surface area contributed by atoms with Crippen molar-refractivity contribution in [2.45, 2.75) is 12.5 Å². The van der Waals surface area contributed by atoms with Crippen molar-refractivity contribution in [2.24, 2.45) is 0 Å². The molecule has 0 aromatic heterocycles. The maximum absolute atomic E-state index is 12.4. The van der Waals surface area contributed by atoms with Gasteiger partial charge in [0.05, 0.1) is 6.42 Å². The van der Waals surface area contributed by atoms with Crippen molar-refractivity contribution in [3.63, 3.8) is 0 Å². The molecule has 0 radical (unpaired) electrons. The molecule has 1 unspecified atom stereocenters. The van der Waals surface area contributed by atoms with Crippen LogP contribution in [0.5, 0.6) is 0 Å². The minimum absolute atomic E-state index is 0.158. The van der Waals surface area contributed by atoms with E-state index in [1.165, 1.54) is 0 Å². The van der Waals surface area contributed by atoms with Crippen molar-refractivity contribution in [2.75, 3.05) is 25.0 Å². The van der Waals surface area contributed by atoms with Gasteiger partial charge in [-0.25, -0.2) is 0 Å². The number of anilines is 1. The lowest BCUT2D eigenvalue weighted by Gasteiger charge is -2.38. The number of halogens is 1. The molecule has 0 aliphatic carbocycles. The van der Waals surface area contributed by atoms with Crippen LogP contribution < -0.4 is 4.90 Å². The second-order valence-corrected chi connectivity index (χ2v) is 5.48. The largest absolute Gasteiger partial charge is 0.481 e. The van der Waals surface area contributed by atoms with Gasteiger partial charge < -0.3 is 10.0 Å². The van der Waals surface area contributed by atoms with E-state index in [0.29, 0.717) is 13.1 Å². The molecule has 5 nitrogen and oxygen atoms in total. The Bertz CT molecular complexity index is 506. The first-order chi connectivity index (χ1) is 8.99. The van der Waals surface area contributed by atoms with E-state index in [0.717, 1.165) is 10.2 Å². The average molecular weight is 327 g/mol. The third-order valence-electron chi connectivity index (χ3n) is 3.25. The zero-order valence-electron chi connectivity index (χ0n) is 10.5. The fourth-order valence-electron chi connectivity index (χ4n) is 2.20. The minimum atomic E-state index is -0.957. The maximum atomic E-state index is 12.4. The van der Waals surface area contributed by atoms with Crippen molar-refractivity contribution in [1.82, 2.24) is 4.90 Å². The summed E-state index contributed by atoms with van der Waals surface area (Å²) in [5, 5.41) is 8.90. The molecule has 0 bridgehead atoms. The maximum Gasteiger partial charge on any atom is 0.305 e. The number of amides is 1. The third-order valence-corrected chi connectivity index (χ3v) is 3.74. The van der Waals surface area contributed by atoms with Crippen molar-refractivity contribution in [1.29, 1.82) is 0 Å². The highest BCUT2D eigenvalue weighted by Crippen LogP contribution is 2.24. The van der Waals surface area contributed by atoms with Gasteiger partial charge in [0.1, 0.15) is 6.04 Å². The molecule has 6 heteroatoms. The molecule has 1 aromatic rings. The molecule has 102 valence electrons. The van der Waals surface area contributed by atoms with E-state index in [2.05, 4.69) is 15.9 Å². The highest BCUT2D eigenvalue weighted by Gasteiger charge is 2.34. The van der Waals surface area contributed by atoms with Crippen LogP contribution in [0.25, 0.3) is 0 Å². The Morgan fingerprint density at radius 3 is 2.84 bits per heavy atom. The second kappa shape index (κ2) is 5.71. The van der Waals surface area contributed by atoms with Gasteiger partial charge in [-0.15, -0.1) is 0 Å². The number of carboxylic acids is 1. The lowest BCUT2D eigenvalue weighted by molar-refractivity contribution is -0.141. The molecule has 1 aliphatic heterocycles. The Balaban J connectivity index is 2.23. The number of aliphatic carboxylic acids is 1. The Kier molecular flexibility index (Phi) is 4.21. The number of hydrogen-bond donors (Lipinski definition) is 1. The van der Waals surface area contributed by atoms with Gasteiger partial charge in [0.25, 0.3) is 0 Å². The summed E-state index contributed by atoms with van der Waals surface area (Å²) in [6, 6.07) is 6.87. The predicted molar refractivity (Wildman–Crippen MR) is 75.2 cm³/mol. The first-order valence-corrected chi connectivity index (χ1v) is 6.77. The number of carbonyl (C=O) groups is 2. The fraction of sp³-hybridized carbons (Fsp3) is 0.385. The van der Waals surface area contributed by atoms with E-state index in [4.69, 9.17) is 5.11 Å². The second-order valence-electron chi connectivity index (χ2n) is 4.56. The summed E-state index contributed by atoms with van der Waals surface area (Å²) < 4.78 is 0.895. The van der Waals surface area contributed by atoms with Crippen LogP contribution in [0, 0.1) is 0 Å². The first kappa shape index (κ1) is 14.0. The highest BCUT2D eigenvalue weighted by atomic mass is 79.9. The minimum Gasteiger partial charge on any atom is -0.481 e. The Hall–Kier alpha value is -1.40. The molecule has 1 N–H and O–H groups in total. The SMILES string of the molecule is CN1CCN(c2cccc(Br)c2)C(=O)C1CC(=O)O. The Morgan fingerprint density at radius 1 is 1.47 bits per heavy atom. The molecule has 1 atom stereocenters.